The number of benzene rings is 2. The van der Waals surface area contributed by atoms with Crippen LogP contribution in [0.3, 0.4) is 0 Å². The zero-order valence-electron chi connectivity index (χ0n) is 16.3. The number of aromatic nitrogens is 1. The Morgan fingerprint density at radius 1 is 1.17 bits per heavy atom. The first kappa shape index (κ1) is 20.5. The average Bonchev–Trinajstić information content (AvgIpc) is 3.13. The van der Waals surface area contributed by atoms with E-state index in [4.69, 9.17) is 9.15 Å². The summed E-state index contributed by atoms with van der Waals surface area (Å²) in [5.74, 6) is -0.616. The summed E-state index contributed by atoms with van der Waals surface area (Å²) in [5.41, 5.74) is 1.94. The molecular formula is C22H22F2N2O3. The number of carbonyl (C=O) groups is 1. The van der Waals surface area contributed by atoms with Gasteiger partial charge in [-0.2, -0.15) is 0 Å². The summed E-state index contributed by atoms with van der Waals surface area (Å²) in [6.45, 7) is 4.70. The van der Waals surface area contributed by atoms with Crippen LogP contribution < -0.4 is 10.1 Å². The summed E-state index contributed by atoms with van der Waals surface area (Å²) in [5, 5.41) is 2.76. The second kappa shape index (κ2) is 9.32. The maximum absolute atomic E-state index is 13.8. The van der Waals surface area contributed by atoms with Crippen LogP contribution in [0.25, 0.3) is 11.3 Å². The van der Waals surface area contributed by atoms with Gasteiger partial charge >= 0.3 is 0 Å². The molecule has 0 radical (unpaired) electrons. The van der Waals surface area contributed by atoms with Gasteiger partial charge in [0.25, 0.3) is 0 Å². The number of aryl methyl sites for hydroxylation is 3. The normalized spacial score (nSPS) is 10.8. The number of hydrogen-bond donors (Lipinski definition) is 1. The molecule has 3 rings (SSSR count). The molecule has 0 unspecified atom stereocenters. The fourth-order valence-corrected chi connectivity index (χ4v) is 2.90. The number of nitrogens with zero attached hydrogens (tertiary/aromatic N) is 1. The minimum Gasteiger partial charge on any atom is -0.491 e. The van der Waals surface area contributed by atoms with E-state index >= 15 is 0 Å². The highest BCUT2D eigenvalue weighted by atomic mass is 19.1. The van der Waals surface area contributed by atoms with Crippen molar-refractivity contribution in [3.63, 3.8) is 0 Å². The fourth-order valence-electron chi connectivity index (χ4n) is 2.90. The molecule has 29 heavy (non-hydrogen) atoms. The van der Waals surface area contributed by atoms with Gasteiger partial charge in [0.1, 0.15) is 24.0 Å². The molecule has 152 valence electrons. The molecule has 1 amide bonds. The number of carbonyl (C=O) groups excluding carboxylic acids is 1. The molecule has 5 nitrogen and oxygen atoms in total. The number of oxazole rings is 1. The topological polar surface area (TPSA) is 64.4 Å². The predicted molar refractivity (Wildman–Crippen MR) is 105 cm³/mol. The van der Waals surface area contributed by atoms with E-state index in [1.165, 1.54) is 12.3 Å². The summed E-state index contributed by atoms with van der Waals surface area (Å²) >= 11 is 0. The van der Waals surface area contributed by atoms with Crippen molar-refractivity contribution in [2.75, 3.05) is 13.2 Å². The smallest absolute Gasteiger partial charge is 0.220 e. The van der Waals surface area contributed by atoms with Crippen molar-refractivity contribution in [1.29, 1.82) is 0 Å². The molecule has 3 aromatic rings. The van der Waals surface area contributed by atoms with Crippen LogP contribution in [0, 0.1) is 25.5 Å². The highest BCUT2D eigenvalue weighted by Gasteiger charge is 2.16. The standard InChI is InChI=1S/C22H22F2N2O3/c1-14-6-7-18(15(2)12-14)28-11-10-25-20(27)8-9-21-26-13-19(29-21)22-16(23)4-3-5-17(22)24/h3-7,12-13H,8-11H2,1-2H3,(H,25,27). The van der Waals surface area contributed by atoms with Crippen molar-refractivity contribution in [3.05, 3.63) is 71.2 Å². The van der Waals surface area contributed by atoms with E-state index in [0.717, 1.165) is 29.0 Å². The molecule has 0 saturated carbocycles. The number of nitrogens with one attached hydrogen (secondary N) is 1. The van der Waals surface area contributed by atoms with E-state index < -0.39 is 11.6 Å². The van der Waals surface area contributed by atoms with Gasteiger partial charge < -0.3 is 14.5 Å². The molecule has 0 saturated heterocycles. The maximum atomic E-state index is 13.8. The lowest BCUT2D eigenvalue weighted by molar-refractivity contribution is -0.121. The minimum absolute atomic E-state index is 0.00197. The Kier molecular flexibility index (Phi) is 6.59. The minimum atomic E-state index is -0.728. The van der Waals surface area contributed by atoms with Gasteiger partial charge in [0.05, 0.1) is 18.3 Å². The molecule has 0 fully saturated rings. The molecule has 0 aliphatic carbocycles. The third kappa shape index (κ3) is 5.40. The van der Waals surface area contributed by atoms with E-state index in [2.05, 4.69) is 10.3 Å². The summed E-state index contributed by atoms with van der Waals surface area (Å²) in [7, 11) is 0. The van der Waals surface area contributed by atoms with Gasteiger partial charge in [-0.1, -0.05) is 23.8 Å². The van der Waals surface area contributed by atoms with Crippen LogP contribution in [0.1, 0.15) is 23.4 Å². The molecule has 0 spiro atoms. The monoisotopic (exact) mass is 400 g/mol. The van der Waals surface area contributed by atoms with Gasteiger partial charge in [-0.15, -0.1) is 0 Å². The number of amides is 1. The van der Waals surface area contributed by atoms with E-state index in [0.29, 0.717) is 13.2 Å². The Bertz CT molecular complexity index is 981. The van der Waals surface area contributed by atoms with Crippen LogP contribution in [0.2, 0.25) is 0 Å². The second-order valence-electron chi connectivity index (χ2n) is 6.68. The molecule has 7 heteroatoms. The van der Waals surface area contributed by atoms with Gasteiger partial charge in [-0.25, -0.2) is 13.8 Å². The molecule has 1 aromatic heterocycles. The van der Waals surface area contributed by atoms with Crippen molar-refractivity contribution < 1.29 is 22.7 Å². The lowest BCUT2D eigenvalue weighted by Crippen LogP contribution is -2.28. The molecule has 0 bridgehead atoms. The number of ether oxygens (including phenoxy) is 1. The van der Waals surface area contributed by atoms with Crippen LogP contribution in [0.5, 0.6) is 5.75 Å². The SMILES string of the molecule is Cc1ccc(OCCNC(=O)CCc2ncc(-c3c(F)cccc3F)o2)c(C)c1. The lowest BCUT2D eigenvalue weighted by Gasteiger charge is -2.10. The van der Waals surface area contributed by atoms with Crippen LogP contribution >= 0.6 is 0 Å². The first-order valence-electron chi connectivity index (χ1n) is 9.30. The first-order valence-corrected chi connectivity index (χ1v) is 9.30. The van der Waals surface area contributed by atoms with E-state index in [-0.39, 0.29) is 36.0 Å². The Hall–Kier alpha value is -3.22. The number of hydrogen-bond acceptors (Lipinski definition) is 4. The quantitative estimate of drug-likeness (QED) is 0.571. The van der Waals surface area contributed by atoms with Crippen LogP contribution in [0.15, 0.2) is 47.0 Å². The molecule has 0 atom stereocenters. The second-order valence-corrected chi connectivity index (χ2v) is 6.68. The van der Waals surface area contributed by atoms with Crippen LogP contribution in [-0.4, -0.2) is 24.0 Å². The summed E-state index contributed by atoms with van der Waals surface area (Å²) in [6, 6.07) is 9.48. The van der Waals surface area contributed by atoms with E-state index in [1.807, 2.05) is 32.0 Å². The Balaban J connectivity index is 1.44. The summed E-state index contributed by atoms with van der Waals surface area (Å²) in [4.78, 5) is 16.0. The van der Waals surface area contributed by atoms with Crippen molar-refractivity contribution in [1.82, 2.24) is 10.3 Å². The first-order chi connectivity index (χ1) is 13.9. The summed E-state index contributed by atoms with van der Waals surface area (Å²) < 4.78 is 38.6. The van der Waals surface area contributed by atoms with Crippen molar-refractivity contribution in [2.24, 2.45) is 0 Å². The zero-order chi connectivity index (χ0) is 20.8. The molecular weight excluding hydrogens is 378 g/mol. The van der Waals surface area contributed by atoms with Crippen molar-refractivity contribution >= 4 is 5.91 Å². The molecule has 0 aliphatic heterocycles. The van der Waals surface area contributed by atoms with Crippen LogP contribution in [0.4, 0.5) is 8.78 Å². The number of rotatable bonds is 8. The molecule has 1 N–H and O–H groups in total. The van der Waals surface area contributed by atoms with E-state index in [1.54, 1.807) is 0 Å². The zero-order valence-corrected chi connectivity index (χ0v) is 16.3. The van der Waals surface area contributed by atoms with Gasteiger partial charge in [-0.3, -0.25) is 4.79 Å². The van der Waals surface area contributed by atoms with Gasteiger partial charge in [0.15, 0.2) is 11.7 Å². The predicted octanol–water partition coefficient (Wildman–Crippen LogP) is 4.36. The van der Waals surface area contributed by atoms with Crippen molar-refractivity contribution in [3.8, 4) is 17.1 Å². The fraction of sp³-hybridized carbons (Fsp3) is 0.273. The third-order valence-electron chi connectivity index (χ3n) is 4.34. The molecule has 2 aromatic carbocycles. The van der Waals surface area contributed by atoms with E-state index in [9.17, 15) is 13.6 Å². The molecule has 1 heterocycles. The maximum Gasteiger partial charge on any atom is 0.220 e. The Morgan fingerprint density at radius 3 is 2.66 bits per heavy atom. The summed E-state index contributed by atoms with van der Waals surface area (Å²) in [6.07, 6.45) is 1.62. The lowest BCUT2D eigenvalue weighted by atomic mass is 10.1. The van der Waals surface area contributed by atoms with Crippen LogP contribution in [-0.2, 0) is 11.2 Å². The third-order valence-corrected chi connectivity index (χ3v) is 4.34. The average molecular weight is 400 g/mol. The Morgan fingerprint density at radius 2 is 1.93 bits per heavy atom. The van der Waals surface area contributed by atoms with Gasteiger partial charge in [-0.05, 0) is 37.6 Å². The van der Waals surface area contributed by atoms with Gasteiger partial charge in [0, 0.05) is 12.8 Å². The largest absolute Gasteiger partial charge is 0.491 e. The Labute approximate surface area is 167 Å². The molecule has 0 aliphatic rings. The van der Waals surface area contributed by atoms with Gasteiger partial charge in [0.2, 0.25) is 5.91 Å². The highest BCUT2D eigenvalue weighted by molar-refractivity contribution is 5.76. The van der Waals surface area contributed by atoms with Crippen molar-refractivity contribution in [2.45, 2.75) is 26.7 Å². The number of halogens is 2. The highest BCUT2D eigenvalue weighted by Crippen LogP contribution is 2.26.